The molecule has 9 heavy (non-hydrogen) atoms. The van der Waals surface area contributed by atoms with Crippen LogP contribution < -0.4 is 5.32 Å². The van der Waals surface area contributed by atoms with E-state index in [9.17, 15) is 0 Å². The predicted octanol–water partition coefficient (Wildman–Crippen LogP) is 1.57. The second-order valence-electron chi connectivity index (χ2n) is 2.50. The van der Waals surface area contributed by atoms with Crippen LogP contribution in [0.5, 0.6) is 0 Å². The third kappa shape index (κ3) is 0.864. The van der Waals surface area contributed by atoms with Crippen LogP contribution in [0.3, 0.4) is 0 Å². The van der Waals surface area contributed by atoms with E-state index in [2.05, 4.69) is 27.3 Å². The molecule has 0 unspecified atom stereocenters. The molecule has 48 valence electrons. The van der Waals surface area contributed by atoms with Gasteiger partial charge in [0.25, 0.3) is 0 Å². The molecule has 0 radical (unpaired) electrons. The van der Waals surface area contributed by atoms with E-state index in [1.54, 1.807) is 5.57 Å². The predicted molar refractivity (Wildman–Crippen MR) is 41.5 cm³/mol. The highest BCUT2D eigenvalue weighted by molar-refractivity contribution is 9.11. The summed E-state index contributed by atoms with van der Waals surface area (Å²) in [6.07, 6.45) is 3.37. The van der Waals surface area contributed by atoms with E-state index in [-0.39, 0.29) is 0 Å². The fourth-order valence-corrected chi connectivity index (χ4v) is 1.97. The van der Waals surface area contributed by atoms with Crippen molar-refractivity contribution in [3.8, 4) is 0 Å². The first-order chi connectivity index (χ1) is 4.36. The standard InChI is InChI=1S/C7H8BrN/c8-7-1-5-3-9-4-6(5)2-7/h1,9H,2-4H2. The van der Waals surface area contributed by atoms with Crippen molar-refractivity contribution in [1.82, 2.24) is 5.32 Å². The van der Waals surface area contributed by atoms with Crippen molar-refractivity contribution in [3.05, 3.63) is 21.7 Å². The Kier molecular flexibility index (Phi) is 1.24. The van der Waals surface area contributed by atoms with E-state index >= 15 is 0 Å². The molecule has 0 bridgehead atoms. The number of nitrogens with one attached hydrogen (secondary N) is 1. The quantitative estimate of drug-likeness (QED) is 0.605. The van der Waals surface area contributed by atoms with Crippen molar-refractivity contribution in [2.24, 2.45) is 0 Å². The van der Waals surface area contributed by atoms with Gasteiger partial charge in [0.2, 0.25) is 0 Å². The van der Waals surface area contributed by atoms with E-state index in [1.807, 2.05) is 0 Å². The first-order valence-corrected chi connectivity index (χ1v) is 3.93. The van der Waals surface area contributed by atoms with E-state index < -0.39 is 0 Å². The zero-order valence-corrected chi connectivity index (χ0v) is 6.66. The first-order valence-electron chi connectivity index (χ1n) is 3.14. The molecular weight excluding hydrogens is 178 g/mol. The fourth-order valence-electron chi connectivity index (χ4n) is 1.36. The molecule has 2 aliphatic rings. The summed E-state index contributed by atoms with van der Waals surface area (Å²) in [5, 5.41) is 3.31. The number of hydrogen-bond acceptors (Lipinski definition) is 1. The Balaban J connectivity index is 2.28. The normalized spacial score (nSPS) is 24.8. The summed E-state index contributed by atoms with van der Waals surface area (Å²) in [6.45, 7) is 2.17. The summed E-state index contributed by atoms with van der Waals surface area (Å²) in [6, 6.07) is 0. The summed E-state index contributed by atoms with van der Waals surface area (Å²) in [5.74, 6) is 0. The van der Waals surface area contributed by atoms with E-state index in [0.717, 1.165) is 19.5 Å². The molecule has 1 heterocycles. The molecule has 1 aliphatic heterocycles. The van der Waals surface area contributed by atoms with Crippen LogP contribution >= 0.6 is 15.9 Å². The zero-order chi connectivity index (χ0) is 6.27. The molecule has 0 aromatic heterocycles. The van der Waals surface area contributed by atoms with Crippen LogP contribution in [0.4, 0.5) is 0 Å². The maximum absolute atomic E-state index is 3.49. The molecule has 1 nitrogen and oxygen atoms in total. The van der Waals surface area contributed by atoms with Gasteiger partial charge in [-0.05, 0) is 21.7 Å². The van der Waals surface area contributed by atoms with Crippen LogP contribution in [0, 0.1) is 0 Å². The van der Waals surface area contributed by atoms with Crippen molar-refractivity contribution in [2.45, 2.75) is 6.42 Å². The molecule has 2 heteroatoms. The van der Waals surface area contributed by atoms with Gasteiger partial charge in [-0.3, -0.25) is 0 Å². The second-order valence-corrected chi connectivity index (χ2v) is 3.52. The van der Waals surface area contributed by atoms with Gasteiger partial charge in [-0.15, -0.1) is 0 Å². The third-order valence-corrected chi connectivity index (χ3v) is 2.33. The number of hydrogen-bond donors (Lipinski definition) is 1. The molecule has 0 aromatic rings. The van der Waals surface area contributed by atoms with E-state index in [1.165, 1.54) is 10.1 Å². The first kappa shape index (κ1) is 5.69. The summed E-state index contributed by atoms with van der Waals surface area (Å²) >= 11 is 3.49. The van der Waals surface area contributed by atoms with Crippen LogP contribution in [-0.2, 0) is 0 Å². The Morgan fingerprint density at radius 3 is 3.11 bits per heavy atom. The Bertz CT molecular complexity index is 203. The summed E-state index contributed by atoms with van der Waals surface area (Å²) in [7, 11) is 0. The van der Waals surface area contributed by atoms with Crippen molar-refractivity contribution >= 4 is 15.9 Å². The molecule has 1 aliphatic carbocycles. The molecule has 0 saturated carbocycles. The zero-order valence-electron chi connectivity index (χ0n) is 5.08. The molecule has 0 spiro atoms. The molecular formula is C7H8BrN. The lowest BCUT2D eigenvalue weighted by molar-refractivity contribution is 0.855. The van der Waals surface area contributed by atoms with Crippen molar-refractivity contribution in [1.29, 1.82) is 0 Å². The van der Waals surface area contributed by atoms with Crippen LogP contribution in [0.15, 0.2) is 21.7 Å². The smallest absolute Gasteiger partial charge is 0.0209 e. The summed E-state index contributed by atoms with van der Waals surface area (Å²) in [4.78, 5) is 0. The highest BCUT2D eigenvalue weighted by Gasteiger charge is 2.17. The van der Waals surface area contributed by atoms with Gasteiger partial charge >= 0.3 is 0 Å². The lowest BCUT2D eigenvalue weighted by atomic mass is 10.2. The van der Waals surface area contributed by atoms with Gasteiger partial charge in [-0.25, -0.2) is 0 Å². The Morgan fingerprint density at radius 2 is 2.33 bits per heavy atom. The van der Waals surface area contributed by atoms with E-state index in [4.69, 9.17) is 0 Å². The maximum atomic E-state index is 3.49. The number of halogens is 1. The number of rotatable bonds is 0. The fraction of sp³-hybridized carbons (Fsp3) is 0.429. The minimum absolute atomic E-state index is 1.07. The van der Waals surface area contributed by atoms with Gasteiger partial charge in [0.05, 0.1) is 0 Å². The summed E-state index contributed by atoms with van der Waals surface area (Å²) in [5.41, 5.74) is 3.07. The average molecular weight is 186 g/mol. The lowest BCUT2D eigenvalue weighted by Crippen LogP contribution is -2.09. The van der Waals surface area contributed by atoms with Crippen LogP contribution in [0.2, 0.25) is 0 Å². The highest BCUT2D eigenvalue weighted by Crippen LogP contribution is 2.30. The monoisotopic (exact) mass is 185 g/mol. The second kappa shape index (κ2) is 1.96. The minimum Gasteiger partial charge on any atom is -0.309 e. The molecule has 0 fully saturated rings. The van der Waals surface area contributed by atoms with Gasteiger partial charge < -0.3 is 5.32 Å². The highest BCUT2D eigenvalue weighted by atomic mass is 79.9. The Morgan fingerprint density at radius 1 is 1.44 bits per heavy atom. The van der Waals surface area contributed by atoms with Gasteiger partial charge in [0.1, 0.15) is 0 Å². The SMILES string of the molecule is BrC1=CC2=C(CNC2)C1. The summed E-state index contributed by atoms with van der Waals surface area (Å²) < 4.78 is 1.34. The van der Waals surface area contributed by atoms with Crippen molar-refractivity contribution in [3.63, 3.8) is 0 Å². The largest absolute Gasteiger partial charge is 0.309 e. The van der Waals surface area contributed by atoms with Gasteiger partial charge in [0.15, 0.2) is 0 Å². The van der Waals surface area contributed by atoms with Crippen molar-refractivity contribution < 1.29 is 0 Å². The molecule has 0 atom stereocenters. The van der Waals surface area contributed by atoms with Gasteiger partial charge in [-0.1, -0.05) is 15.9 Å². The molecule has 2 rings (SSSR count). The Labute approximate surface area is 63.0 Å². The van der Waals surface area contributed by atoms with Crippen molar-refractivity contribution in [2.75, 3.05) is 13.1 Å². The lowest BCUT2D eigenvalue weighted by Gasteiger charge is -1.94. The topological polar surface area (TPSA) is 12.0 Å². The average Bonchev–Trinajstić information content (AvgIpc) is 2.22. The maximum Gasteiger partial charge on any atom is 0.0209 e. The molecule has 0 amide bonds. The molecule has 1 N–H and O–H groups in total. The minimum atomic E-state index is 1.07. The van der Waals surface area contributed by atoms with E-state index in [0.29, 0.717) is 0 Å². The third-order valence-electron chi connectivity index (χ3n) is 1.82. The Hall–Kier alpha value is -0.0800. The van der Waals surface area contributed by atoms with Gasteiger partial charge in [-0.2, -0.15) is 0 Å². The van der Waals surface area contributed by atoms with Gasteiger partial charge in [0, 0.05) is 19.5 Å². The molecule has 0 aromatic carbocycles. The van der Waals surface area contributed by atoms with Crippen LogP contribution in [-0.4, -0.2) is 13.1 Å². The van der Waals surface area contributed by atoms with Crippen LogP contribution in [0.1, 0.15) is 6.42 Å². The number of allylic oxidation sites excluding steroid dienone is 1. The van der Waals surface area contributed by atoms with Crippen LogP contribution in [0.25, 0.3) is 0 Å². The molecule has 0 saturated heterocycles.